The van der Waals surface area contributed by atoms with Crippen molar-refractivity contribution in [2.24, 2.45) is 17.3 Å². The fourth-order valence-electron chi connectivity index (χ4n) is 4.65. The van der Waals surface area contributed by atoms with Gasteiger partial charge in [-0.1, -0.05) is 50.6 Å². The number of amides is 2. The number of hydrogen-bond acceptors (Lipinski definition) is 9. The molecule has 1 aliphatic heterocycles. The van der Waals surface area contributed by atoms with E-state index in [0.717, 1.165) is 10.7 Å². The second-order valence-electron chi connectivity index (χ2n) is 12.5. The maximum Gasteiger partial charge on any atom is 0.347 e. The minimum Gasteiger partial charge on any atom is -0.495 e. The Morgan fingerprint density at radius 1 is 1.17 bits per heavy atom. The second kappa shape index (κ2) is 16.7. The number of carbonyl (C=O) groups is 4. The third kappa shape index (κ3) is 11.0. The molecular weight excluding hydrogens is 630 g/mol. The third-order valence-corrected chi connectivity index (χ3v) is 8.53. The van der Waals surface area contributed by atoms with E-state index in [-0.39, 0.29) is 37.6 Å². The Hall–Kier alpha value is -3.70. The van der Waals surface area contributed by atoms with E-state index >= 15 is 0 Å². The number of methoxy groups -OCH3 is 1. The first kappa shape index (κ1) is 36.8. The summed E-state index contributed by atoms with van der Waals surface area (Å²) in [6, 6.07) is 4.14. The summed E-state index contributed by atoms with van der Waals surface area (Å²) in [6.45, 7) is 10.8. The molecule has 0 spiro atoms. The van der Waals surface area contributed by atoms with Crippen LogP contribution in [0.25, 0.3) is 6.08 Å². The monoisotopic (exact) mass is 673 g/mol. The van der Waals surface area contributed by atoms with E-state index in [1.54, 1.807) is 38.1 Å². The standard InChI is InChI=1S/C34H44ClN3O7S/c1-20(2)15-29-32(41)44-27(21(3)11-13-24-18-46-22(4)37-24)9-8-10-30(39)38-26(17-23-12-14-28(43-7)25(35)16-23)31(40)36-19-34(5,6)33(42)45-29/h8,10-14,16,18,20-21,26-27,29H,9,15,17,19H2,1-7H3,(H,36,40)(H,38,39)/b10-8+,13-11+/t21-,26-,27+,29+/m1/s1. The van der Waals surface area contributed by atoms with Crippen LogP contribution in [0.1, 0.15) is 63.7 Å². The summed E-state index contributed by atoms with van der Waals surface area (Å²) in [5, 5.41) is 8.75. The molecule has 46 heavy (non-hydrogen) atoms. The van der Waals surface area contributed by atoms with Gasteiger partial charge in [0.15, 0.2) is 6.10 Å². The lowest BCUT2D eigenvalue weighted by atomic mass is 9.93. The van der Waals surface area contributed by atoms with E-state index in [2.05, 4.69) is 15.6 Å². The minimum absolute atomic E-state index is 0.0262. The van der Waals surface area contributed by atoms with Crippen LogP contribution in [0.15, 0.2) is 41.8 Å². The number of cyclic esters (lactones) is 2. The molecule has 2 aromatic rings. The molecule has 0 saturated heterocycles. The van der Waals surface area contributed by atoms with Gasteiger partial charge in [-0.25, -0.2) is 9.78 Å². The first-order chi connectivity index (χ1) is 21.7. The van der Waals surface area contributed by atoms with Gasteiger partial charge in [-0.3, -0.25) is 14.4 Å². The summed E-state index contributed by atoms with van der Waals surface area (Å²) in [4.78, 5) is 57.8. The van der Waals surface area contributed by atoms with Crippen LogP contribution in [-0.2, 0) is 35.1 Å². The molecular formula is C34H44ClN3O7S. The van der Waals surface area contributed by atoms with Gasteiger partial charge in [-0.15, -0.1) is 11.3 Å². The minimum atomic E-state index is -1.19. The number of halogens is 1. The number of hydrogen-bond donors (Lipinski definition) is 2. The maximum absolute atomic E-state index is 13.5. The highest BCUT2D eigenvalue weighted by molar-refractivity contribution is 7.09. The molecule has 0 unspecified atom stereocenters. The van der Waals surface area contributed by atoms with Gasteiger partial charge in [0, 0.05) is 30.7 Å². The SMILES string of the molecule is COc1ccc(C[C@H]2NC(=O)/C=C/C[C@@H]([C@H](C)/C=C/c3csc(C)n3)OC(=O)[C@H](CC(C)C)OC(=O)C(C)(C)CNC2=O)cc1Cl. The highest BCUT2D eigenvalue weighted by atomic mass is 35.5. The van der Waals surface area contributed by atoms with E-state index in [0.29, 0.717) is 16.3 Å². The topological polar surface area (TPSA) is 133 Å². The first-order valence-corrected chi connectivity index (χ1v) is 16.5. The fraction of sp³-hybridized carbons (Fsp3) is 0.500. The molecule has 12 heteroatoms. The first-order valence-electron chi connectivity index (χ1n) is 15.3. The van der Waals surface area contributed by atoms with Gasteiger partial charge in [0.2, 0.25) is 11.8 Å². The molecule has 0 saturated carbocycles. The number of nitrogens with one attached hydrogen (secondary N) is 2. The van der Waals surface area contributed by atoms with Crippen molar-refractivity contribution in [1.29, 1.82) is 0 Å². The molecule has 0 aliphatic carbocycles. The molecule has 1 aromatic carbocycles. The van der Waals surface area contributed by atoms with Gasteiger partial charge in [0.25, 0.3) is 0 Å². The summed E-state index contributed by atoms with van der Waals surface area (Å²) in [5.41, 5.74) is 0.296. The van der Waals surface area contributed by atoms with Crippen LogP contribution in [-0.4, -0.2) is 60.6 Å². The zero-order valence-electron chi connectivity index (χ0n) is 27.4. The Kier molecular flexibility index (Phi) is 13.4. The number of rotatable bonds is 8. The van der Waals surface area contributed by atoms with Gasteiger partial charge in [-0.2, -0.15) is 0 Å². The van der Waals surface area contributed by atoms with Crippen molar-refractivity contribution in [1.82, 2.24) is 15.6 Å². The Labute approximate surface area is 279 Å². The summed E-state index contributed by atoms with van der Waals surface area (Å²) in [5.74, 6) is -2.09. The smallest absolute Gasteiger partial charge is 0.347 e. The van der Waals surface area contributed by atoms with Gasteiger partial charge >= 0.3 is 11.9 Å². The molecule has 2 amide bonds. The largest absolute Gasteiger partial charge is 0.495 e. The number of ether oxygens (including phenoxy) is 3. The van der Waals surface area contributed by atoms with E-state index in [9.17, 15) is 19.2 Å². The molecule has 1 aromatic heterocycles. The number of esters is 2. The third-order valence-electron chi connectivity index (χ3n) is 7.44. The highest BCUT2D eigenvalue weighted by Gasteiger charge is 2.37. The average Bonchev–Trinajstić information content (AvgIpc) is 3.41. The van der Waals surface area contributed by atoms with Crippen LogP contribution in [0.2, 0.25) is 5.02 Å². The van der Waals surface area contributed by atoms with E-state index < -0.39 is 47.4 Å². The lowest BCUT2D eigenvalue weighted by Gasteiger charge is -2.29. The van der Waals surface area contributed by atoms with Crippen molar-refractivity contribution >= 4 is 52.8 Å². The van der Waals surface area contributed by atoms with E-state index in [1.807, 2.05) is 45.2 Å². The van der Waals surface area contributed by atoms with Crippen LogP contribution in [0.3, 0.4) is 0 Å². The van der Waals surface area contributed by atoms with Crippen molar-refractivity contribution in [3.8, 4) is 5.75 Å². The number of benzene rings is 1. The van der Waals surface area contributed by atoms with Crippen LogP contribution >= 0.6 is 22.9 Å². The summed E-state index contributed by atoms with van der Waals surface area (Å²) in [7, 11) is 1.50. The summed E-state index contributed by atoms with van der Waals surface area (Å²) in [6.07, 6.45) is 5.44. The maximum atomic E-state index is 13.5. The van der Waals surface area contributed by atoms with E-state index in [4.69, 9.17) is 25.8 Å². The van der Waals surface area contributed by atoms with Crippen molar-refractivity contribution in [2.75, 3.05) is 13.7 Å². The zero-order chi connectivity index (χ0) is 34.0. The predicted octanol–water partition coefficient (Wildman–Crippen LogP) is 5.46. The molecule has 0 fully saturated rings. The van der Waals surface area contributed by atoms with Crippen LogP contribution in [0, 0.1) is 24.2 Å². The lowest BCUT2D eigenvalue weighted by molar-refractivity contribution is -0.178. The zero-order valence-corrected chi connectivity index (χ0v) is 29.0. The van der Waals surface area contributed by atoms with Gasteiger partial charge in [-0.05, 0) is 63.0 Å². The van der Waals surface area contributed by atoms with Crippen molar-refractivity contribution in [3.63, 3.8) is 0 Å². The molecule has 0 bridgehead atoms. The molecule has 10 nitrogen and oxygen atoms in total. The normalized spacial score (nSPS) is 22.9. The van der Waals surface area contributed by atoms with Crippen LogP contribution in [0.4, 0.5) is 0 Å². The molecule has 1 aliphatic rings. The second-order valence-corrected chi connectivity index (χ2v) is 14.0. The molecule has 250 valence electrons. The van der Waals surface area contributed by atoms with E-state index in [1.165, 1.54) is 24.5 Å². The van der Waals surface area contributed by atoms with Crippen LogP contribution in [0.5, 0.6) is 5.75 Å². The van der Waals surface area contributed by atoms with Gasteiger partial charge in [0.05, 0.1) is 28.2 Å². The number of nitrogens with zero attached hydrogens (tertiary/aromatic N) is 1. The summed E-state index contributed by atoms with van der Waals surface area (Å²) >= 11 is 7.84. The molecule has 2 N–H and O–H groups in total. The predicted molar refractivity (Wildman–Crippen MR) is 178 cm³/mol. The quantitative estimate of drug-likeness (QED) is 0.353. The van der Waals surface area contributed by atoms with Crippen molar-refractivity contribution < 1.29 is 33.4 Å². The van der Waals surface area contributed by atoms with Crippen LogP contribution < -0.4 is 15.4 Å². The number of aromatic nitrogens is 1. The number of aryl methyl sites for hydroxylation is 1. The lowest BCUT2D eigenvalue weighted by Crippen LogP contribution is -2.51. The van der Waals surface area contributed by atoms with Crippen molar-refractivity contribution in [2.45, 2.75) is 79.1 Å². The Balaban J connectivity index is 1.93. The molecule has 3 rings (SSSR count). The summed E-state index contributed by atoms with van der Waals surface area (Å²) < 4.78 is 16.9. The Bertz CT molecular complexity index is 1450. The van der Waals surface area contributed by atoms with Gasteiger partial charge < -0.3 is 24.8 Å². The fourth-order valence-corrected chi connectivity index (χ4v) is 5.51. The molecule has 4 atom stereocenters. The Morgan fingerprint density at radius 2 is 1.91 bits per heavy atom. The number of thiazole rings is 1. The number of carbonyl (C=O) groups excluding carboxylic acids is 4. The van der Waals surface area contributed by atoms with Gasteiger partial charge in [0.1, 0.15) is 17.9 Å². The Morgan fingerprint density at radius 3 is 2.54 bits per heavy atom. The highest BCUT2D eigenvalue weighted by Crippen LogP contribution is 2.26. The molecule has 0 radical (unpaired) electrons. The average molecular weight is 674 g/mol. The van der Waals surface area contributed by atoms with Crippen molar-refractivity contribution in [3.05, 3.63) is 63.1 Å². The molecule has 2 heterocycles.